The number of rotatable bonds is 4. The molecule has 0 spiro atoms. The molecular weight excluding hydrogens is 246 g/mol. The smallest absolute Gasteiger partial charge is 0.163 e. The van der Waals surface area contributed by atoms with E-state index in [4.69, 9.17) is 0 Å². The summed E-state index contributed by atoms with van der Waals surface area (Å²) in [5.74, 6) is -1.13. The number of hydrogen-bond acceptors (Lipinski definition) is 2. The van der Waals surface area contributed by atoms with Crippen LogP contribution in [0.3, 0.4) is 0 Å². The van der Waals surface area contributed by atoms with E-state index >= 15 is 0 Å². The number of likely N-dealkylation sites (tertiary alicyclic amines) is 1. The maximum absolute atomic E-state index is 14.0. The van der Waals surface area contributed by atoms with Gasteiger partial charge >= 0.3 is 0 Å². The van der Waals surface area contributed by atoms with Crippen LogP contribution in [-0.2, 0) is 0 Å². The zero-order chi connectivity index (χ0) is 14.0. The van der Waals surface area contributed by atoms with Gasteiger partial charge in [-0.1, -0.05) is 26.0 Å². The highest BCUT2D eigenvalue weighted by Crippen LogP contribution is 2.37. The van der Waals surface area contributed by atoms with Crippen molar-refractivity contribution in [1.82, 2.24) is 10.2 Å². The van der Waals surface area contributed by atoms with Crippen molar-refractivity contribution in [3.05, 3.63) is 35.4 Å². The minimum atomic E-state index is -0.756. The molecule has 0 aromatic heterocycles. The molecule has 19 heavy (non-hydrogen) atoms. The highest BCUT2D eigenvalue weighted by molar-refractivity contribution is 5.24. The van der Waals surface area contributed by atoms with E-state index in [0.717, 1.165) is 19.5 Å². The second-order valence-electron chi connectivity index (χ2n) is 5.68. The molecule has 0 radical (unpaired) electrons. The molecule has 0 bridgehead atoms. The van der Waals surface area contributed by atoms with Crippen LogP contribution in [-0.4, -0.2) is 31.1 Å². The Labute approximate surface area is 113 Å². The van der Waals surface area contributed by atoms with Crippen molar-refractivity contribution in [2.24, 2.45) is 5.92 Å². The Balaban J connectivity index is 2.21. The lowest BCUT2D eigenvalue weighted by Gasteiger charge is -2.27. The van der Waals surface area contributed by atoms with Crippen molar-refractivity contribution in [2.45, 2.75) is 32.4 Å². The van der Waals surface area contributed by atoms with Crippen LogP contribution >= 0.6 is 0 Å². The Morgan fingerprint density at radius 1 is 1.37 bits per heavy atom. The summed E-state index contributed by atoms with van der Waals surface area (Å²) in [6, 6.07) is 4.83. The second kappa shape index (κ2) is 5.97. The third-order valence-electron chi connectivity index (χ3n) is 3.86. The molecular formula is C15H22F2N2. The quantitative estimate of drug-likeness (QED) is 0.903. The van der Waals surface area contributed by atoms with Crippen molar-refractivity contribution in [1.29, 1.82) is 0 Å². The van der Waals surface area contributed by atoms with Gasteiger partial charge < -0.3 is 5.32 Å². The molecule has 2 nitrogen and oxygen atoms in total. The Morgan fingerprint density at radius 3 is 2.79 bits per heavy atom. The fraction of sp³-hybridized carbons (Fsp3) is 0.600. The molecule has 2 rings (SSSR count). The molecule has 1 N–H and O–H groups in total. The first kappa shape index (κ1) is 14.4. The van der Waals surface area contributed by atoms with Gasteiger partial charge in [-0.2, -0.15) is 0 Å². The minimum absolute atomic E-state index is 0.0399. The highest BCUT2D eigenvalue weighted by atomic mass is 19.2. The van der Waals surface area contributed by atoms with Crippen LogP contribution in [0.2, 0.25) is 0 Å². The normalized spacial score (nSPS) is 24.3. The van der Waals surface area contributed by atoms with Crippen molar-refractivity contribution in [3.63, 3.8) is 0 Å². The van der Waals surface area contributed by atoms with Crippen molar-refractivity contribution >= 4 is 0 Å². The van der Waals surface area contributed by atoms with Gasteiger partial charge in [-0.05, 0) is 32.0 Å². The number of nitrogens with zero attached hydrogens (tertiary/aromatic N) is 1. The second-order valence-corrected chi connectivity index (χ2v) is 5.68. The lowest BCUT2D eigenvalue weighted by molar-refractivity contribution is 0.260. The lowest BCUT2D eigenvalue weighted by atomic mass is 9.93. The molecule has 0 aliphatic carbocycles. The molecule has 1 saturated heterocycles. The fourth-order valence-corrected chi connectivity index (χ4v) is 2.87. The monoisotopic (exact) mass is 268 g/mol. The fourth-order valence-electron chi connectivity index (χ4n) is 2.87. The van der Waals surface area contributed by atoms with Gasteiger partial charge in [0.2, 0.25) is 0 Å². The number of hydrogen-bond donors (Lipinski definition) is 1. The third kappa shape index (κ3) is 3.12. The molecule has 1 aliphatic rings. The van der Waals surface area contributed by atoms with E-state index in [1.54, 1.807) is 12.1 Å². The molecule has 106 valence electrons. The zero-order valence-corrected chi connectivity index (χ0v) is 11.8. The maximum atomic E-state index is 14.0. The average molecular weight is 268 g/mol. The predicted molar refractivity (Wildman–Crippen MR) is 73.0 cm³/mol. The van der Waals surface area contributed by atoms with Gasteiger partial charge in [-0.3, -0.25) is 4.90 Å². The number of benzene rings is 1. The predicted octanol–water partition coefficient (Wildman–Crippen LogP) is 2.96. The van der Waals surface area contributed by atoms with E-state index in [-0.39, 0.29) is 6.04 Å². The first-order valence-electron chi connectivity index (χ1n) is 6.88. The molecule has 0 saturated carbocycles. The molecule has 4 heteroatoms. The van der Waals surface area contributed by atoms with Gasteiger partial charge in [-0.15, -0.1) is 0 Å². The number of nitrogens with one attached hydrogen (secondary N) is 1. The van der Waals surface area contributed by atoms with Crippen LogP contribution < -0.4 is 5.32 Å². The van der Waals surface area contributed by atoms with Crippen LogP contribution in [0.25, 0.3) is 0 Å². The molecule has 0 amide bonds. The topological polar surface area (TPSA) is 15.3 Å². The summed E-state index contributed by atoms with van der Waals surface area (Å²) in [5, 5.41) is 3.40. The third-order valence-corrected chi connectivity index (χ3v) is 3.86. The van der Waals surface area contributed by atoms with Gasteiger partial charge in [0.25, 0.3) is 0 Å². The first-order valence-corrected chi connectivity index (χ1v) is 6.88. The van der Waals surface area contributed by atoms with Crippen LogP contribution in [0.4, 0.5) is 8.78 Å². The summed E-state index contributed by atoms with van der Waals surface area (Å²) in [5.41, 5.74) is 0.482. The minimum Gasteiger partial charge on any atom is -0.314 e. The van der Waals surface area contributed by atoms with Crippen LogP contribution in [0.1, 0.15) is 31.9 Å². The average Bonchev–Trinajstić information content (AvgIpc) is 2.72. The zero-order valence-electron chi connectivity index (χ0n) is 11.8. The standard InChI is InChI=1S/C15H22F2N2/c1-10(2)18-9-11-7-8-19(3)15(11)12-5-4-6-13(16)14(12)17/h4-6,10-11,15,18H,7-9H2,1-3H3. The van der Waals surface area contributed by atoms with Gasteiger partial charge in [-0.25, -0.2) is 8.78 Å². The molecule has 2 atom stereocenters. The van der Waals surface area contributed by atoms with E-state index < -0.39 is 11.6 Å². The molecule has 1 fully saturated rings. The Morgan fingerprint density at radius 2 is 2.11 bits per heavy atom. The van der Waals surface area contributed by atoms with Crippen LogP contribution in [0.5, 0.6) is 0 Å². The van der Waals surface area contributed by atoms with Crippen molar-refractivity contribution in [2.75, 3.05) is 20.1 Å². The summed E-state index contributed by atoms with van der Waals surface area (Å²) in [6.45, 7) is 5.95. The van der Waals surface area contributed by atoms with E-state index in [1.807, 2.05) is 7.05 Å². The molecule has 2 unspecified atom stereocenters. The summed E-state index contributed by atoms with van der Waals surface area (Å²) in [6.07, 6.45) is 1.01. The van der Waals surface area contributed by atoms with Gasteiger partial charge in [0.05, 0.1) is 0 Å². The van der Waals surface area contributed by atoms with E-state index in [1.165, 1.54) is 6.07 Å². The van der Waals surface area contributed by atoms with E-state index in [0.29, 0.717) is 17.5 Å². The van der Waals surface area contributed by atoms with Gasteiger partial charge in [0.15, 0.2) is 11.6 Å². The maximum Gasteiger partial charge on any atom is 0.163 e. The van der Waals surface area contributed by atoms with E-state index in [9.17, 15) is 8.78 Å². The Kier molecular flexibility index (Phi) is 4.53. The Hall–Kier alpha value is -1.00. The summed E-state index contributed by atoms with van der Waals surface area (Å²) >= 11 is 0. The lowest BCUT2D eigenvalue weighted by Crippen LogP contribution is -2.32. The molecule has 1 aromatic rings. The van der Waals surface area contributed by atoms with Gasteiger partial charge in [0, 0.05) is 24.2 Å². The van der Waals surface area contributed by atoms with Crippen LogP contribution in [0, 0.1) is 17.6 Å². The highest BCUT2D eigenvalue weighted by Gasteiger charge is 2.34. The largest absolute Gasteiger partial charge is 0.314 e. The van der Waals surface area contributed by atoms with Crippen molar-refractivity contribution < 1.29 is 8.78 Å². The molecule has 1 aromatic carbocycles. The Bertz CT molecular complexity index is 434. The van der Waals surface area contributed by atoms with Crippen molar-refractivity contribution in [3.8, 4) is 0 Å². The first-order chi connectivity index (χ1) is 9.00. The molecule has 1 aliphatic heterocycles. The molecule has 1 heterocycles. The summed E-state index contributed by atoms with van der Waals surface area (Å²) in [4.78, 5) is 2.12. The SMILES string of the molecule is CC(C)NCC1CCN(C)C1c1cccc(F)c1F. The van der Waals surface area contributed by atoms with Crippen LogP contribution in [0.15, 0.2) is 18.2 Å². The van der Waals surface area contributed by atoms with E-state index in [2.05, 4.69) is 24.1 Å². The summed E-state index contributed by atoms with van der Waals surface area (Å²) < 4.78 is 27.4. The van der Waals surface area contributed by atoms with Gasteiger partial charge in [0.1, 0.15) is 0 Å². The summed E-state index contributed by atoms with van der Waals surface area (Å²) in [7, 11) is 1.98. The number of halogens is 2.